The highest BCUT2D eigenvalue weighted by atomic mass is 19.4. The first-order chi connectivity index (χ1) is 10.8. The third kappa shape index (κ3) is 3.09. The molecule has 0 fully saturated rings. The number of alkyl halides is 3. The zero-order valence-electron chi connectivity index (χ0n) is 11.7. The lowest BCUT2D eigenvalue weighted by Gasteiger charge is -2.07. The van der Waals surface area contributed by atoms with Gasteiger partial charge in [0.2, 0.25) is 5.82 Å². The normalized spacial score (nSPS) is 13.3. The van der Waals surface area contributed by atoms with Crippen LogP contribution >= 0.6 is 0 Å². The molecule has 3 rings (SSSR count). The molecular weight excluding hydrogens is 315 g/mol. The monoisotopic (exact) mass is 325 g/mol. The van der Waals surface area contributed by atoms with E-state index in [1.807, 2.05) is 0 Å². The Bertz CT molecular complexity index is 809. The van der Waals surface area contributed by atoms with Crippen molar-refractivity contribution in [3.05, 3.63) is 53.2 Å². The molecule has 2 heterocycles. The highest BCUT2D eigenvalue weighted by Crippen LogP contribution is 2.30. The van der Waals surface area contributed by atoms with Gasteiger partial charge in [-0.25, -0.2) is 0 Å². The van der Waals surface area contributed by atoms with Gasteiger partial charge in [0.25, 0.3) is 0 Å². The van der Waals surface area contributed by atoms with Crippen molar-refractivity contribution in [3.63, 3.8) is 0 Å². The maximum absolute atomic E-state index is 12.4. The van der Waals surface area contributed by atoms with E-state index in [-0.39, 0.29) is 11.6 Å². The lowest BCUT2D eigenvalue weighted by molar-refractivity contribution is -0.159. The van der Waals surface area contributed by atoms with Crippen molar-refractivity contribution in [2.45, 2.75) is 19.2 Å². The van der Waals surface area contributed by atoms with Crippen LogP contribution in [0, 0.1) is 6.92 Å². The van der Waals surface area contributed by atoms with Gasteiger partial charge >= 0.3 is 12.1 Å². The van der Waals surface area contributed by atoms with Crippen LogP contribution in [0.25, 0.3) is 11.4 Å². The molecule has 3 aromatic rings. The number of hydrogen-bond donors (Lipinski definition) is 1. The summed E-state index contributed by atoms with van der Waals surface area (Å²) in [4.78, 5) is 3.29. The van der Waals surface area contributed by atoms with Gasteiger partial charge in [-0.05, 0) is 12.5 Å². The second kappa shape index (κ2) is 5.51. The second-order valence-corrected chi connectivity index (χ2v) is 4.82. The van der Waals surface area contributed by atoms with Crippen molar-refractivity contribution in [2.24, 2.45) is 0 Å². The number of aromatic nitrogens is 3. The summed E-state index contributed by atoms with van der Waals surface area (Å²) in [5.74, 6) is -1.32. The van der Waals surface area contributed by atoms with E-state index in [9.17, 15) is 18.3 Å². The van der Waals surface area contributed by atoms with E-state index in [0.717, 1.165) is 0 Å². The van der Waals surface area contributed by atoms with Gasteiger partial charge in [-0.3, -0.25) is 0 Å². The summed E-state index contributed by atoms with van der Waals surface area (Å²) in [7, 11) is 0. The van der Waals surface area contributed by atoms with Crippen LogP contribution in [-0.4, -0.2) is 20.4 Å². The summed E-state index contributed by atoms with van der Waals surface area (Å²) >= 11 is 0. The molecular formula is C14H10F3N3O3. The molecule has 2 aromatic heterocycles. The molecule has 0 saturated carbocycles. The zero-order valence-corrected chi connectivity index (χ0v) is 11.7. The average Bonchev–Trinajstić information content (AvgIpc) is 3.15. The lowest BCUT2D eigenvalue weighted by Crippen LogP contribution is -2.04. The van der Waals surface area contributed by atoms with E-state index in [4.69, 9.17) is 4.52 Å². The Labute approximate surface area is 127 Å². The first-order valence-corrected chi connectivity index (χ1v) is 6.47. The molecule has 6 nitrogen and oxygen atoms in total. The van der Waals surface area contributed by atoms with Crippen LogP contribution in [0.4, 0.5) is 13.2 Å². The molecule has 9 heteroatoms. The van der Waals surface area contributed by atoms with Gasteiger partial charge in [0.05, 0.1) is 5.69 Å². The summed E-state index contributed by atoms with van der Waals surface area (Å²) in [5, 5.41) is 17.1. The molecule has 0 spiro atoms. The molecule has 0 aliphatic carbocycles. The van der Waals surface area contributed by atoms with Gasteiger partial charge in [0.1, 0.15) is 6.10 Å². The van der Waals surface area contributed by atoms with Crippen LogP contribution in [0.5, 0.6) is 0 Å². The zero-order chi connectivity index (χ0) is 16.6. The van der Waals surface area contributed by atoms with Gasteiger partial charge in [-0.2, -0.15) is 18.2 Å². The van der Waals surface area contributed by atoms with Crippen molar-refractivity contribution in [1.82, 2.24) is 15.3 Å². The standard InChI is InChI=1S/C14H10F3N3O3/c1-7-6-10(22-19-7)11(21)8-2-4-9(5-3-8)12-18-13(23-20-12)14(15,16)17/h2-6,11,21H,1H3/t11-/m1/s1. The van der Waals surface area contributed by atoms with E-state index in [1.54, 1.807) is 13.0 Å². The molecule has 0 aliphatic heterocycles. The Morgan fingerprint density at radius 3 is 2.30 bits per heavy atom. The first-order valence-electron chi connectivity index (χ1n) is 6.47. The Morgan fingerprint density at radius 1 is 1.09 bits per heavy atom. The lowest BCUT2D eigenvalue weighted by atomic mass is 10.0. The first kappa shape index (κ1) is 15.2. The minimum absolute atomic E-state index is 0.186. The number of aryl methyl sites for hydroxylation is 1. The van der Waals surface area contributed by atoms with Crippen molar-refractivity contribution >= 4 is 0 Å². The number of hydrogen-bond acceptors (Lipinski definition) is 6. The number of rotatable bonds is 3. The summed E-state index contributed by atoms with van der Waals surface area (Å²) in [6, 6.07) is 7.61. The van der Waals surface area contributed by atoms with Crippen molar-refractivity contribution in [1.29, 1.82) is 0 Å². The fourth-order valence-electron chi connectivity index (χ4n) is 1.95. The number of halogens is 3. The predicted molar refractivity (Wildman–Crippen MR) is 70.0 cm³/mol. The van der Waals surface area contributed by atoms with Gasteiger partial charge in [-0.1, -0.05) is 34.6 Å². The Kier molecular flexibility index (Phi) is 3.64. The quantitative estimate of drug-likeness (QED) is 0.796. The van der Waals surface area contributed by atoms with E-state index in [2.05, 4.69) is 19.8 Å². The van der Waals surface area contributed by atoms with Crippen molar-refractivity contribution in [3.8, 4) is 11.4 Å². The summed E-state index contributed by atoms with van der Waals surface area (Å²) in [5.41, 5.74) is 1.44. The highest BCUT2D eigenvalue weighted by Gasteiger charge is 2.38. The fourth-order valence-corrected chi connectivity index (χ4v) is 1.95. The largest absolute Gasteiger partial charge is 0.471 e. The molecule has 0 radical (unpaired) electrons. The number of aliphatic hydroxyl groups excluding tert-OH is 1. The Balaban J connectivity index is 1.83. The Morgan fingerprint density at radius 2 is 1.78 bits per heavy atom. The van der Waals surface area contributed by atoms with Crippen LogP contribution in [0.2, 0.25) is 0 Å². The van der Waals surface area contributed by atoms with Crippen LogP contribution in [0.1, 0.15) is 29.0 Å². The molecule has 0 saturated heterocycles. The summed E-state index contributed by atoms with van der Waals surface area (Å²) < 4.78 is 46.4. The van der Waals surface area contributed by atoms with E-state index >= 15 is 0 Å². The molecule has 23 heavy (non-hydrogen) atoms. The minimum Gasteiger partial charge on any atom is -0.380 e. The van der Waals surface area contributed by atoms with E-state index in [1.165, 1.54) is 24.3 Å². The summed E-state index contributed by atoms with van der Waals surface area (Å²) in [6.07, 6.45) is -5.72. The minimum atomic E-state index is -4.69. The van der Waals surface area contributed by atoms with Gasteiger partial charge in [0, 0.05) is 11.6 Å². The third-order valence-electron chi connectivity index (χ3n) is 3.07. The third-order valence-corrected chi connectivity index (χ3v) is 3.07. The number of nitrogens with zero attached hydrogens (tertiary/aromatic N) is 3. The molecule has 1 aromatic carbocycles. The van der Waals surface area contributed by atoms with E-state index in [0.29, 0.717) is 16.8 Å². The molecule has 1 N–H and O–H groups in total. The topological polar surface area (TPSA) is 85.2 Å². The molecule has 0 aliphatic rings. The van der Waals surface area contributed by atoms with Gasteiger partial charge in [-0.15, -0.1) is 0 Å². The van der Waals surface area contributed by atoms with Crippen LogP contribution in [0.15, 0.2) is 39.4 Å². The molecule has 120 valence electrons. The number of benzene rings is 1. The molecule has 0 unspecified atom stereocenters. The van der Waals surface area contributed by atoms with Crippen molar-refractivity contribution in [2.75, 3.05) is 0 Å². The maximum Gasteiger partial charge on any atom is 0.471 e. The van der Waals surface area contributed by atoms with Gasteiger partial charge in [0.15, 0.2) is 5.76 Å². The SMILES string of the molecule is Cc1cc([C@H](O)c2ccc(-c3noc(C(F)(F)F)n3)cc2)on1. The maximum atomic E-state index is 12.4. The second-order valence-electron chi connectivity index (χ2n) is 4.82. The molecule has 0 amide bonds. The molecule has 1 atom stereocenters. The average molecular weight is 325 g/mol. The van der Waals surface area contributed by atoms with E-state index < -0.39 is 18.2 Å². The van der Waals surface area contributed by atoms with Gasteiger partial charge < -0.3 is 14.2 Å². The van der Waals surface area contributed by atoms with Crippen LogP contribution in [-0.2, 0) is 6.18 Å². The van der Waals surface area contributed by atoms with Crippen LogP contribution in [0.3, 0.4) is 0 Å². The predicted octanol–water partition coefficient (Wildman–Crippen LogP) is 3.13. The van der Waals surface area contributed by atoms with Crippen LogP contribution < -0.4 is 0 Å². The van der Waals surface area contributed by atoms with Crippen molar-refractivity contribution < 1.29 is 27.3 Å². The molecule has 0 bridgehead atoms. The Hall–Kier alpha value is -2.68. The fraction of sp³-hybridized carbons (Fsp3) is 0.214. The smallest absolute Gasteiger partial charge is 0.380 e. The summed E-state index contributed by atoms with van der Waals surface area (Å²) in [6.45, 7) is 1.72. The number of aliphatic hydroxyl groups is 1. The highest BCUT2D eigenvalue weighted by molar-refractivity contribution is 5.55.